The van der Waals surface area contributed by atoms with Gasteiger partial charge in [-0.1, -0.05) is 41.4 Å². The molecule has 0 aliphatic carbocycles. The van der Waals surface area contributed by atoms with Gasteiger partial charge in [-0.15, -0.1) is 0 Å². The Morgan fingerprint density at radius 2 is 2.21 bits per heavy atom. The van der Waals surface area contributed by atoms with Crippen LogP contribution in [0.2, 0.25) is 5.15 Å². The van der Waals surface area contributed by atoms with E-state index in [2.05, 4.69) is 11.2 Å². The number of aryl methyl sites for hydroxylation is 1. The lowest BCUT2D eigenvalue weighted by atomic mass is 10.1. The summed E-state index contributed by atoms with van der Waals surface area (Å²) in [6.07, 6.45) is 0. The summed E-state index contributed by atoms with van der Waals surface area (Å²) < 4.78 is 6.75. The van der Waals surface area contributed by atoms with Crippen molar-refractivity contribution in [2.45, 2.75) is 26.7 Å². The van der Waals surface area contributed by atoms with Gasteiger partial charge in [0.2, 0.25) is 0 Å². The number of halogens is 1. The van der Waals surface area contributed by atoms with E-state index in [1.807, 2.05) is 25.1 Å². The highest BCUT2D eigenvalue weighted by Gasteiger charge is 2.15. The van der Waals surface area contributed by atoms with Crippen molar-refractivity contribution in [3.63, 3.8) is 0 Å². The number of hydrogen-bond acceptors (Lipinski definition) is 3. The number of methoxy groups -OCH3 is 1. The molecule has 4 nitrogen and oxygen atoms in total. The summed E-state index contributed by atoms with van der Waals surface area (Å²) in [6, 6.07) is 8.17. The molecule has 0 radical (unpaired) electrons. The minimum atomic E-state index is -0.134. The molecular weight excluding hydrogens is 264 g/mol. The van der Waals surface area contributed by atoms with Crippen LogP contribution in [0, 0.1) is 6.92 Å². The van der Waals surface area contributed by atoms with Gasteiger partial charge in [-0.05, 0) is 12.5 Å². The third kappa shape index (κ3) is 3.15. The second-order valence-corrected chi connectivity index (χ2v) is 4.81. The number of ether oxygens (including phenoxy) is 1. The second kappa shape index (κ2) is 6.19. The minimum Gasteiger partial charge on any atom is -0.391 e. The van der Waals surface area contributed by atoms with Gasteiger partial charge in [-0.2, -0.15) is 5.10 Å². The number of aliphatic hydroxyl groups excluding tert-OH is 1. The summed E-state index contributed by atoms with van der Waals surface area (Å²) in [6.45, 7) is 2.84. The van der Waals surface area contributed by atoms with Crippen molar-refractivity contribution >= 4 is 11.6 Å². The Hall–Kier alpha value is -1.36. The quantitative estimate of drug-likeness (QED) is 0.915. The molecule has 1 aromatic heterocycles. The number of aliphatic hydroxyl groups is 1. The summed E-state index contributed by atoms with van der Waals surface area (Å²) in [5.74, 6) is 0. The van der Waals surface area contributed by atoms with Crippen LogP contribution in [0.15, 0.2) is 24.3 Å². The van der Waals surface area contributed by atoms with Gasteiger partial charge in [0.25, 0.3) is 0 Å². The van der Waals surface area contributed by atoms with Crippen LogP contribution in [0.5, 0.6) is 0 Å². The van der Waals surface area contributed by atoms with E-state index >= 15 is 0 Å². The maximum Gasteiger partial charge on any atom is 0.133 e. The minimum absolute atomic E-state index is 0.134. The highest BCUT2D eigenvalue weighted by atomic mass is 35.5. The molecule has 0 aliphatic heterocycles. The molecule has 1 aromatic carbocycles. The summed E-state index contributed by atoms with van der Waals surface area (Å²) >= 11 is 6.24. The van der Waals surface area contributed by atoms with Crippen LogP contribution in [0.4, 0.5) is 0 Å². The third-order valence-corrected chi connectivity index (χ3v) is 3.34. The Bertz CT molecular complexity index is 567. The first-order chi connectivity index (χ1) is 9.15. The molecule has 1 heterocycles. The first kappa shape index (κ1) is 14.1. The zero-order valence-electron chi connectivity index (χ0n) is 11.1. The fourth-order valence-electron chi connectivity index (χ4n) is 2.02. The van der Waals surface area contributed by atoms with Crippen molar-refractivity contribution < 1.29 is 9.84 Å². The molecule has 102 valence electrons. The number of nitrogens with zero attached hydrogens (tertiary/aromatic N) is 2. The van der Waals surface area contributed by atoms with E-state index in [1.165, 1.54) is 5.56 Å². The van der Waals surface area contributed by atoms with Crippen molar-refractivity contribution in [3.8, 4) is 0 Å². The Balaban J connectivity index is 2.30. The van der Waals surface area contributed by atoms with Crippen molar-refractivity contribution in [1.29, 1.82) is 0 Å². The lowest BCUT2D eigenvalue weighted by Gasteiger charge is -2.04. The molecule has 0 fully saturated rings. The van der Waals surface area contributed by atoms with Gasteiger partial charge in [-0.3, -0.25) is 0 Å². The Morgan fingerprint density at radius 1 is 1.42 bits per heavy atom. The highest BCUT2D eigenvalue weighted by molar-refractivity contribution is 6.30. The van der Waals surface area contributed by atoms with Crippen LogP contribution < -0.4 is 0 Å². The van der Waals surface area contributed by atoms with Crippen LogP contribution in [-0.4, -0.2) is 22.0 Å². The molecule has 5 heteroatoms. The van der Waals surface area contributed by atoms with E-state index < -0.39 is 0 Å². The lowest BCUT2D eigenvalue weighted by Crippen LogP contribution is -2.03. The number of aromatic nitrogens is 2. The SMILES string of the molecule is COCc1nn(Cc2cccc(C)c2)c(Cl)c1CO. The van der Waals surface area contributed by atoms with Crippen molar-refractivity contribution in [1.82, 2.24) is 9.78 Å². The summed E-state index contributed by atoms with van der Waals surface area (Å²) in [5, 5.41) is 14.2. The number of rotatable bonds is 5. The van der Waals surface area contributed by atoms with E-state index in [9.17, 15) is 5.11 Å². The van der Waals surface area contributed by atoms with Gasteiger partial charge < -0.3 is 9.84 Å². The Labute approximate surface area is 117 Å². The van der Waals surface area contributed by atoms with E-state index in [-0.39, 0.29) is 6.61 Å². The largest absolute Gasteiger partial charge is 0.391 e. The zero-order valence-corrected chi connectivity index (χ0v) is 11.8. The normalized spacial score (nSPS) is 10.9. The second-order valence-electron chi connectivity index (χ2n) is 4.45. The zero-order chi connectivity index (χ0) is 13.8. The molecule has 0 amide bonds. The van der Waals surface area contributed by atoms with Gasteiger partial charge in [0, 0.05) is 12.7 Å². The van der Waals surface area contributed by atoms with Gasteiger partial charge in [0.15, 0.2) is 0 Å². The highest BCUT2D eigenvalue weighted by Crippen LogP contribution is 2.22. The first-order valence-electron chi connectivity index (χ1n) is 6.05. The topological polar surface area (TPSA) is 47.3 Å². The van der Waals surface area contributed by atoms with E-state index in [4.69, 9.17) is 16.3 Å². The maximum absolute atomic E-state index is 9.36. The molecule has 2 rings (SSSR count). The molecule has 1 N–H and O–H groups in total. The predicted molar refractivity (Wildman–Crippen MR) is 74.2 cm³/mol. The molecule has 0 bridgehead atoms. The van der Waals surface area contributed by atoms with Gasteiger partial charge in [0.1, 0.15) is 5.15 Å². The molecule has 0 saturated carbocycles. The monoisotopic (exact) mass is 280 g/mol. The molecule has 0 unspecified atom stereocenters. The van der Waals surface area contributed by atoms with Crippen molar-refractivity contribution in [2.75, 3.05) is 7.11 Å². The van der Waals surface area contributed by atoms with Crippen LogP contribution in [0.25, 0.3) is 0 Å². The fraction of sp³-hybridized carbons (Fsp3) is 0.357. The lowest BCUT2D eigenvalue weighted by molar-refractivity contribution is 0.177. The average Bonchev–Trinajstić information content (AvgIpc) is 2.66. The number of hydrogen-bond donors (Lipinski definition) is 1. The molecule has 19 heavy (non-hydrogen) atoms. The van der Waals surface area contributed by atoms with Crippen LogP contribution in [0.3, 0.4) is 0 Å². The first-order valence-corrected chi connectivity index (χ1v) is 6.43. The number of benzene rings is 1. The molecule has 0 aliphatic rings. The van der Waals surface area contributed by atoms with Crippen LogP contribution in [-0.2, 0) is 24.5 Å². The summed E-state index contributed by atoms with van der Waals surface area (Å²) in [4.78, 5) is 0. The standard InChI is InChI=1S/C14H17ClN2O2/c1-10-4-3-5-11(6-10)7-17-14(15)12(8-18)13(16-17)9-19-2/h3-6,18H,7-9H2,1-2H3. The van der Waals surface area contributed by atoms with Gasteiger partial charge >= 0.3 is 0 Å². The average molecular weight is 281 g/mol. The van der Waals surface area contributed by atoms with E-state index in [0.717, 1.165) is 5.56 Å². The van der Waals surface area contributed by atoms with Gasteiger partial charge in [0.05, 0.1) is 25.5 Å². The van der Waals surface area contributed by atoms with E-state index in [0.29, 0.717) is 29.6 Å². The molecule has 0 atom stereocenters. The molecule has 2 aromatic rings. The fourth-order valence-corrected chi connectivity index (χ4v) is 2.29. The molecular formula is C14H17ClN2O2. The van der Waals surface area contributed by atoms with Crippen LogP contribution >= 0.6 is 11.6 Å². The van der Waals surface area contributed by atoms with Crippen LogP contribution in [0.1, 0.15) is 22.4 Å². The summed E-state index contributed by atoms with van der Waals surface area (Å²) in [5.41, 5.74) is 3.64. The third-order valence-electron chi connectivity index (χ3n) is 2.92. The molecule has 0 spiro atoms. The molecule has 0 saturated heterocycles. The smallest absolute Gasteiger partial charge is 0.133 e. The van der Waals surface area contributed by atoms with Crippen molar-refractivity contribution in [3.05, 3.63) is 51.8 Å². The van der Waals surface area contributed by atoms with Gasteiger partial charge in [-0.25, -0.2) is 4.68 Å². The van der Waals surface area contributed by atoms with Crippen molar-refractivity contribution in [2.24, 2.45) is 0 Å². The van der Waals surface area contributed by atoms with E-state index in [1.54, 1.807) is 11.8 Å². The summed E-state index contributed by atoms with van der Waals surface area (Å²) in [7, 11) is 1.59. The Morgan fingerprint density at radius 3 is 2.84 bits per heavy atom. The predicted octanol–water partition coefficient (Wildman–Crippen LogP) is 2.53. The Kier molecular flexibility index (Phi) is 4.58. The maximum atomic E-state index is 9.36.